The maximum Gasteiger partial charge on any atom is 0.305 e. The summed E-state index contributed by atoms with van der Waals surface area (Å²) in [5.41, 5.74) is 4.93. The molecule has 0 unspecified atom stereocenters. The zero-order valence-electron chi connectivity index (χ0n) is 14.0. The summed E-state index contributed by atoms with van der Waals surface area (Å²) in [4.78, 5) is 14.6. The molecule has 24 heavy (non-hydrogen) atoms. The van der Waals surface area contributed by atoms with Crippen LogP contribution in [0.5, 0.6) is 0 Å². The molecule has 2 aromatic carbocycles. The predicted molar refractivity (Wildman–Crippen MR) is 97.9 cm³/mol. The monoisotopic (exact) mass is 321 g/mol. The first-order valence-electron chi connectivity index (χ1n) is 8.59. The van der Waals surface area contributed by atoms with Crippen molar-refractivity contribution >= 4 is 16.9 Å². The second kappa shape index (κ2) is 7.82. The number of aromatic nitrogens is 1. The second-order valence-corrected chi connectivity index (χ2v) is 5.96. The average Bonchev–Trinajstić information content (AvgIpc) is 3.04. The fourth-order valence-corrected chi connectivity index (χ4v) is 2.99. The van der Waals surface area contributed by atoms with Crippen LogP contribution in [0.1, 0.15) is 31.7 Å². The molecule has 124 valence electrons. The fraction of sp³-hybridized carbons (Fsp3) is 0.286. The van der Waals surface area contributed by atoms with Crippen LogP contribution in [0.25, 0.3) is 22.0 Å². The zero-order valence-corrected chi connectivity index (χ0v) is 14.0. The maximum atomic E-state index is 11.3. The molecular formula is C21H23NO2. The Kier molecular flexibility index (Phi) is 5.32. The first-order valence-corrected chi connectivity index (χ1v) is 8.59. The molecule has 3 aromatic rings. The summed E-state index contributed by atoms with van der Waals surface area (Å²) in [7, 11) is 0. The predicted octanol–water partition coefficient (Wildman–Crippen LogP) is 5.11. The van der Waals surface area contributed by atoms with Crippen LogP contribution in [-0.2, 0) is 16.0 Å². The highest BCUT2D eigenvalue weighted by molar-refractivity contribution is 5.95. The number of benzene rings is 2. The van der Waals surface area contributed by atoms with Gasteiger partial charge in [-0.1, -0.05) is 42.5 Å². The third-order valence-corrected chi connectivity index (χ3v) is 4.26. The summed E-state index contributed by atoms with van der Waals surface area (Å²) < 4.78 is 4.94. The normalized spacial score (nSPS) is 10.9. The third kappa shape index (κ3) is 3.85. The molecule has 0 bridgehead atoms. The first kappa shape index (κ1) is 16.3. The molecule has 0 fully saturated rings. The van der Waals surface area contributed by atoms with E-state index in [2.05, 4.69) is 53.6 Å². The number of carbonyl (C=O) groups excluding carboxylic acids is 1. The Bertz CT molecular complexity index is 802. The fourth-order valence-electron chi connectivity index (χ4n) is 2.99. The van der Waals surface area contributed by atoms with Crippen LogP contribution >= 0.6 is 0 Å². The summed E-state index contributed by atoms with van der Waals surface area (Å²) in [5.74, 6) is -0.0906. The molecular weight excluding hydrogens is 298 g/mol. The number of unbranched alkanes of at least 4 members (excludes halogenated alkanes) is 1. The molecule has 1 heterocycles. The van der Waals surface area contributed by atoms with Crippen molar-refractivity contribution in [3.05, 3.63) is 60.3 Å². The van der Waals surface area contributed by atoms with E-state index in [0.717, 1.165) is 24.8 Å². The Hall–Kier alpha value is -2.55. The molecule has 0 aliphatic carbocycles. The third-order valence-electron chi connectivity index (χ3n) is 4.26. The lowest BCUT2D eigenvalue weighted by Crippen LogP contribution is -2.03. The van der Waals surface area contributed by atoms with E-state index in [1.165, 1.54) is 22.1 Å². The van der Waals surface area contributed by atoms with Gasteiger partial charge in [0.05, 0.1) is 6.61 Å². The molecule has 0 aliphatic rings. The highest BCUT2D eigenvalue weighted by Crippen LogP contribution is 2.28. The van der Waals surface area contributed by atoms with Crippen LogP contribution in [0, 0.1) is 0 Å². The lowest BCUT2D eigenvalue weighted by Gasteiger charge is -2.05. The van der Waals surface area contributed by atoms with Crippen LogP contribution in [0.2, 0.25) is 0 Å². The molecule has 0 saturated heterocycles. The van der Waals surface area contributed by atoms with E-state index in [9.17, 15) is 4.79 Å². The van der Waals surface area contributed by atoms with Crippen molar-refractivity contribution in [1.82, 2.24) is 4.98 Å². The molecule has 3 nitrogen and oxygen atoms in total. The number of para-hydroxylation sites is 1. The minimum Gasteiger partial charge on any atom is -0.466 e. The Labute approximate surface area is 142 Å². The number of H-pyrrole nitrogens is 1. The largest absolute Gasteiger partial charge is 0.466 e. The van der Waals surface area contributed by atoms with Crippen LogP contribution in [0.3, 0.4) is 0 Å². The topological polar surface area (TPSA) is 42.1 Å². The summed E-state index contributed by atoms with van der Waals surface area (Å²) in [6, 6.07) is 17.1. The SMILES string of the molecule is CCOC(=O)CCCCc1ccc(-c2c[nH]c3ccccc23)cc1. The number of fused-ring (bicyclic) bond motifs is 1. The quantitative estimate of drug-likeness (QED) is 0.485. The minimum absolute atomic E-state index is 0.0906. The molecule has 1 aromatic heterocycles. The highest BCUT2D eigenvalue weighted by atomic mass is 16.5. The van der Waals surface area contributed by atoms with Gasteiger partial charge in [-0.15, -0.1) is 0 Å². The average molecular weight is 321 g/mol. The maximum absolute atomic E-state index is 11.3. The smallest absolute Gasteiger partial charge is 0.305 e. The van der Waals surface area contributed by atoms with Gasteiger partial charge in [-0.05, 0) is 43.4 Å². The number of hydrogen-bond donors (Lipinski definition) is 1. The van der Waals surface area contributed by atoms with Crippen LogP contribution in [0.15, 0.2) is 54.7 Å². The van der Waals surface area contributed by atoms with E-state index in [-0.39, 0.29) is 5.97 Å². The molecule has 0 atom stereocenters. The van der Waals surface area contributed by atoms with Crippen molar-refractivity contribution in [3.63, 3.8) is 0 Å². The highest BCUT2D eigenvalue weighted by Gasteiger charge is 2.06. The lowest BCUT2D eigenvalue weighted by molar-refractivity contribution is -0.143. The number of esters is 1. The van der Waals surface area contributed by atoms with Gasteiger partial charge in [0.2, 0.25) is 0 Å². The van der Waals surface area contributed by atoms with Crippen LogP contribution in [-0.4, -0.2) is 17.6 Å². The standard InChI is InChI=1S/C21H23NO2/c1-2-24-21(23)10-6-3-7-16-11-13-17(14-12-16)19-15-22-20-9-5-4-8-18(19)20/h4-5,8-9,11-15,22H,2-3,6-7,10H2,1H3. The summed E-state index contributed by atoms with van der Waals surface area (Å²) in [6.07, 6.45) is 5.46. The van der Waals surface area contributed by atoms with Crippen molar-refractivity contribution in [2.24, 2.45) is 0 Å². The van der Waals surface area contributed by atoms with Gasteiger partial charge in [-0.25, -0.2) is 0 Å². The number of nitrogens with one attached hydrogen (secondary N) is 1. The molecule has 3 rings (SSSR count). The summed E-state index contributed by atoms with van der Waals surface area (Å²) in [5, 5.41) is 1.25. The van der Waals surface area contributed by atoms with Crippen molar-refractivity contribution in [2.75, 3.05) is 6.61 Å². The Balaban J connectivity index is 1.59. The van der Waals surface area contributed by atoms with Gasteiger partial charge in [0.1, 0.15) is 0 Å². The molecule has 0 spiro atoms. The zero-order chi connectivity index (χ0) is 16.8. The van der Waals surface area contributed by atoms with E-state index < -0.39 is 0 Å². The van der Waals surface area contributed by atoms with Crippen molar-refractivity contribution in [1.29, 1.82) is 0 Å². The molecule has 3 heteroatoms. The number of carbonyl (C=O) groups is 1. The lowest BCUT2D eigenvalue weighted by atomic mass is 10.0. The van der Waals surface area contributed by atoms with Gasteiger partial charge >= 0.3 is 5.97 Å². The van der Waals surface area contributed by atoms with Gasteiger partial charge in [0.15, 0.2) is 0 Å². The van der Waals surface area contributed by atoms with Crippen LogP contribution < -0.4 is 0 Å². The summed E-state index contributed by atoms with van der Waals surface area (Å²) >= 11 is 0. The number of ether oxygens (including phenoxy) is 1. The number of rotatable bonds is 7. The van der Waals surface area contributed by atoms with Crippen molar-refractivity contribution in [3.8, 4) is 11.1 Å². The first-order chi connectivity index (χ1) is 11.8. The van der Waals surface area contributed by atoms with Crippen molar-refractivity contribution < 1.29 is 9.53 Å². The number of aryl methyl sites for hydroxylation is 1. The molecule has 0 saturated carbocycles. The van der Waals surface area contributed by atoms with E-state index in [0.29, 0.717) is 13.0 Å². The number of hydrogen-bond acceptors (Lipinski definition) is 2. The molecule has 1 N–H and O–H groups in total. The Morgan fingerprint density at radius 3 is 2.62 bits per heavy atom. The molecule has 0 aliphatic heterocycles. The Morgan fingerprint density at radius 2 is 1.83 bits per heavy atom. The van der Waals surface area contributed by atoms with E-state index in [4.69, 9.17) is 4.74 Å². The van der Waals surface area contributed by atoms with Gasteiger partial charge in [-0.2, -0.15) is 0 Å². The number of aromatic amines is 1. The van der Waals surface area contributed by atoms with E-state index in [1.54, 1.807) is 0 Å². The van der Waals surface area contributed by atoms with Gasteiger partial charge in [0, 0.05) is 29.1 Å². The molecule has 0 amide bonds. The van der Waals surface area contributed by atoms with Crippen LogP contribution in [0.4, 0.5) is 0 Å². The molecule has 0 radical (unpaired) electrons. The van der Waals surface area contributed by atoms with Gasteiger partial charge in [-0.3, -0.25) is 4.79 Å². The summed E-state index contributed by atoms with van der Waals surface area (Å²) in [6.45, 7) is 2.31. The Morgan fingerprint density at radius 1 is 1.04 bits per heavy atom. The van der Waals surface area contributed by atoms with Crippen molar-refractivity contribution in [2.45, 2.75) is 32.6 Å². The van der Waals surface area contributed by atoms with Gasteiger partial charge in [0.25, 0.3) is 0 Å². The minimum atomic E-state index is -0.0906. The van der Waals surface area contributed by atoms with Gasteiger partial charge < -0.3 is 9.72 Å². The second-order valence-electron chi connectivity index (χ2n) is 5.96. The van der Waals surface area contributed by atoms with E-state index >= 15 is 0 Å². The van der Waals surface area contributed by atoms with E-state index in [1.807, 2.05) is 13.0 Å².